The molecule has 0 aromatic carbocycles. The van der Waals surface area contributed by atoms with Crippen LogP contribution in [0.4, 0.5) is 0 Å². The van der Waals surface area contributed by atoms with Gasteiger partial charge in [-0.25, -0.2) is 4.79 Å². The molecule has 4 rings (SSSR count). The van der Waals surface area contributed by atoms with Crippen molar-refractivity contribution in [1.82, 2.24) is 28.6 Å². The van der Waals surface area contributed by atoms with Crippen LogP contribution in [0.25, 0.3) is 5.65 Å². The van der Waals surface area contributed by atoms with Crippen molar-refractivity contribution >= 4 is 11.6 Å². The quantitative estimate of drug-likeness (QED) is 0.642. The highest BCUT2D eigenvalue weighted by Gasteiger charge is 2.29. The van der Waals surface area contributed by atoms with Gasteiger partial charge in [-0.1, -0.05) is 6.07 Å². The molecule has 1 unspecified atom stereocenters. The molecule has 0 aliphatic carbocycles. The Morgan fingerprint density at radius 2 is 1.96 bits per heavy atom. The zero-order valence-electron chi connectivity index (χ0n) is 15.2. The van der Waals surface area contributed by atoms with Crippen molar-refractivity contribution in [2.45, 2.75) is 18.8 Å². The van der Waals surface area contributed by atoms with Gasteiger partial charge in [-0.2, -0.15) is 0 Å². The summed E-state index contributed by atoms with van der Waals surface area (Å²) in [5.41, 5.74) is -0.124. The summed E-state index contributed by atoms with van der Waals surface area (Å²) in [7, 11) is 2.90. The van der Waals surface area contributed by atoms with Crippen molar-refractivity contribution in [1.29, 1.82) is 0 Å². The van der Waals surface area contributed by atoms with Crippen LogP contribution in [0.1, 0.15) is 35.1 Å². The Kier molecular flexibility index (Phi) is 4.14. The van der Waals surface area contributed by atoms with Gasteiger partial charge in [0, 0.05) is 45.4 Å². The number of rotatable bonds is 2. The van der Waals surface area contributed by atoms with E-state index < -0.39 is 11.2 Å². The van der Waals surface area contributed by atoms with E-state index in [1.54, 1.807) is 4.90 Å². The second-order valence-electron chi connectivity index (χ2n) is 6.85. The molecule has 1 aliphatic heterocycles. The number of hydrogen-bond donors (Lipinski definition) is 0. The third-order valence-electron chi connectivity index (χ3n) is 5.16. The van der Waals surface area contributed by atoms with E-state index in [0.29, 0.717) is 13.1 Å². The smallest absolute Gasteiger partial charge is 0.331 e. The molecule has 0 bridgehead atoms. The fourth-order valence-electron chi connectivity index (χ4n) is 3.61. The standard InChI is InChI=1S/C18H20N6O3/c1-21-13(10-15(25)22(2)18(21)27)17(26)23-8-5-6-12(11-23)16-20-19-14-7-3-4-9-24(14)16/h3-4,7,9-10,12H,5-6,8,11H2,1-2H3. The average molecular weight is 368 g/mol. The van der Waals surface area contributed by atoms with E-state index >= 15 is 0 Å². The topological polar surface area (TPSA) is 94.5 Å². The minimum absolute atomic E-state index is 0.0451. The zero-order valence-corrected chi connectivity index (χ0v) is 15.2. The maximum Gasteiger partial charge on any atom is 0.331 e. The molecule has 4 heterocycles. The lowest BCUT2D eigenvalue weighted by Gasteiger charge is -2.32. The molecule has 9 heteroatoms. The summed E-state index contributed by atoms with van der Waals surface area (Å²) in [6, 6.07) is 6.93. The number of pyridine rings is 1. The minimum Gasteiger partial charge on any atom is -0.337 e. The number of likely N-dealkylation sites (tertiary alicyclic amines) is 1. The molecule has 0 N–H and O–H groups in total. The first kappa shape index (κ1) is 17.2. The number of carbonyl (C=O) groups excluding carboxylic acids is 1. The molecular formula is C18H20N6O3. The summed E-state index contributed by atoms with van der Waals surface area (Å²) < 4.78 is 4.14. The number of fused-ring (bicyclic) bond motifs is 1. The van der Waals surface area contributed by atoms with Crippen molar-refractivity contribution in [3.8, 4) is 0 Å². The summed E-state index contributed by atoms with van der Waals surface area (Å²) in [6.07, 6.45) is 3.63. The highest BCUT2D eigenvalue weighted by molar-refractivity contribution is 5.92. The average Bonchev–Trinajstić information content (AvgIpc) is 3.13. The van der Waals surface area contributed by atoms with Crippen LogP contribution in [0.2, 0.25) is 0 Å². The zero-order chi connectivity index (χ0) is 19.1. The number of piperidine rings is 1. The Morgan fingerprint density at radius 3 is 2.78 bits per heavy atom. The van der Waals surface area contributed by atoms with Crippen LogP contribution in [0, 0.1) is 0 Å². The van der Waals surface area contributed by atoms with Gasteiger partial charge < -0.3 is 4.90 Å². The number of carbonyl (C=O) groups is 1. The fourth-order valence-corrected chi connectivity index (χ4v) is 3.61. The predicted molar refractivity (Wildman–Crippen MR) is 97.8 cm³/mol. The second kappa shape index (κ2) is 6.49. The van der Waals surface area contributed by atoms with Crippen LogP contribution < -0.4 is 11.2 Å². The number of amides is 1. The lowest BCUT2D eigenvalue weighted by molar-refractivity contribution is 0.0692. The summed E-state index contributed by atoms with van der Waals surface area (Å²) in [5, 5.41) is 8.50. The Labute approximate surface area is 154 Å². The Hall–Kier alpha value is -3.23. The lowest BCUT2D eigenvalue weighted by atomic mass is 9.97. The van der Waals surface area contributed by atoms with Crippen LogP contribution in [0.5, 0.6) is 0 Å². The van der Waals surface area contributed by atoms with Gasteiger partial charge in [-0.3, -0.25) is 23.1 Å². The van der Waals surface area contributed by atoms with Crippen LogP contribution in [0.3, 0.4) is 0 Å². The van der Waals surface area contributed by atoms with Crippen molar-refractivity contribution in [2.24, 2.45) is 14.1 Å². The molecule has 0 radical (unpaired) electrons. The van der Waals surface area contributed by atoms with Crippen LogP contribution in [0.15, 0.2) is 40.1 Å². The van der Waals surface area contributed by atoms with E-state index in [9.17, 15) is 14.4 Å². The molecule has 1 fully saturated rings. The van der Waals surface area contributed by atoms with Gasteiger partial charge >= 0.3 is 5.69 Å². The van der Waals surface area contributed by atoms with Crippen LogP contribution in [-0.4, -0.2) is 47.6 Å². The third-order valence-corrected chi connectivity index (χ3v) is 5.16. The molecule has 0 saturated carbocycles. The third kappa shape index (κ3) is 2.84. The number of nitrogens with zero attached hydrogens (tertiary/aromatic N) is 6. The number of hydrogen-bond acceptors (Lipinski definition) is 5. The Balaban J connectivity index is 1.65. The van der Waals surface area contributed by atoms with Crippen LogP contribution in [-0.2, 0) is 14.1 Å². The van der Waals surface area contributed by atoms with Crippen molar-refractivity contribution < 1.29 is 4.79 Å². The molecule has 9 nitrogen and oxygen atoms in total. The summed E-state index contributed by atoms with van der Waals surface area (Å²) in [4.78, 5) is 38.8. The van der Waals surface area contributed by atoms with Crippen molar-refractivity contribution in [3.63, 3.8) is 0 Å². The van der Waals surface area contributed by atoms with Gasteiger partial charge in [0.1, 0.15) is 11.5 Å². The first-order valence-corrected chi connectivity index (χ1v) is 8.83. The maximum atomic E-state index is 13.0. The Bertz CT molecular complexity index is 1140. The second-order valence-corrected chi connectivity index (χ2v) is 6.85. The van der Waals surface area contributed by atoms with Gasteiger partial charge in [0.25, 0.3) is 11.5 Å². The molecular weight excluding hydrogens is 348 g/mol. The Morgan fingerprint density at radius 1 is 1.15 bits per heavy atom. The monoisotopic (exact) mass is 368 g/mol. The van der Waals surface area contributed by atoms with Crippen molar-refractivity contribution in [3.05, 3.63) is 62.8 Å². The minimum atomic E-state index is -0.511. The SMILES string of the molecule is Cn1c(C(=O)N2CCCC(c3nnc4ccccn34)C2)cc(=O)n(C)c1=O. The van der Waals surface area contributed by atoms with Gasteiger partial charge in [0.2, 0.25) is 0 Å². The summed E-state index contributed by atoms with van der Waals surface area (Å²) in [5.74, 6) is 0.551. The van der Waals surface area contributed by atoms with E-state index in [4.69, 9.17) is 0 Å². The summed E-state index contributed by atoms with van der Waals surface area (Å²) in [6.45, 7) is 1.05. The maximum absolute atomic E-state index is 13.0. The first-order valence-electron chi connectivity index (χ1n) is 8.83. The fraction of sp³-hybridized carbons (Fsp3) is 0.389. The molecule has 1 amide bonds. The highest BCUT2D eigenvalue weighted by Crippen LogP contribution is 2.26. The molecule has 1 aliphatic rings. The molecule has 3 aromatic heterocycles. The van der Waals surface area contributed by atoms with E-state index in [1.807, 2.05) is 28.8 Å². The summed E-state index contributed by atoms with van der Waals surface area (Å²) >= 11 is 0. The van der Waals surface area contributed by atoms with E-state index in [-0.39, 0.29) is 17.5 Å². The molecule has 3 aromatic rings. The molecule has 27 heavy (non-hydrogen) atoms. The predicted octanol–water partition coefficient (Wildman–Crippen LogP) is 0.147. The van der Waals surface area contributed by atoms with Crippen LogP contribution >= 0.6 is 0 Å². The van der Waals surface area contributed by atoms with Gasteiger partial charge in [-0.05, 0) is 25.0 Å². The van der Waals surface area contributed by atoms with E-state index in [1.165, 1.54) is 24.7 Å². The molecule has 1 saturated heterocycles. The molecule has 0 spiro atoms. The van der Waals surface area contributed by atoms with Gasteiger partial charge in [0.05, 0.1) is 0 Å². The largest absolute Gasteiger partial charge is 0.337 e. The first-order chi connectivity index (χ1) is 13.0. The van der Waals surface area contributed by atoms with Gasteiger partial charge in [-0.15, -0.1) is 10.2 Å². The molecule has 1 atom stereocenters. The van der Waals surface area contributed by atoms with E-state index in [0.717, 1.165) is 28.9 Å². The normalized spacial score (nSPS) is 17.4. The van der Waals surface area contributed by atoms with Gasteiger partial charge in [0.15, 0.2) is 5.65 Å². The number of aromatic nitrogens is 5. The lowest BCUT2D eigenvalue weighted by Crippen LogP contribution is -2.45. The van der Waals surface area contributed by atoms with E-state index in [2.05, 4.69) is 10.2 Å². The molecule has 140 valence electrons. The highest BCUT2D eigenvalue weighted by atomic mass is 16.2. The van der Waals surface area contributed by atoms with Crippen molar-refractivity contribution in [2.75, 3.05) is 13.1 Å².